The molecule has 2 aromatic carbocycles. The fourth-order valence-electron chi connectivity index (χ4n) is 2.27. The number of amides is 1. The zero-order valence-electron chi connectivity index (χ0n) is 14.6. The molecule has 0 fully saturated rings. The summed E-state index contributed by atoms with van der Waals surface area (Å²) < 4.78 is 33.7. The molecule has 0 aliphatic rings. The minimum Gasteiger partial charge on any atom is -0.497 e. The normalized spacial score (nSPS) is 11.5. The van der Waals surface area contributed by atoms with E-state index in [0.29, 0.717) is 11.4 Å². The molecule has 0 unspecified atom stereocenters. The van der Waals surface area contributed by atoms with Crippen molar-refractivity contribution in [2.75, 3.05) is 25.2 Å². The van der Waals surface area contributed by atoms with E-state index < -0.39 is 15.9 Å². The van der Waals surface area contributed by atoms with Gasteiger partial charge in [-0.25, -0.2) is 18.1 Å². The molecule has 0 atom stereocenters. The lowest BCUT2D eigenvalue weighted by molar-refractivity contribution is -0.115. The number of sulfonamides is 1. The van der Waals surface area contributed by atoms with Gasteiger partial charge in [-0.2, -0.15) is 0 Å². The van der Waals surface area contributed by atoms with Crippen LogP contribution in [0.4, 0.5) is 5.69 Å². The van der Waals surface area contributed by atoms with Crippen molar-refractivity contribution >= 4 is 54.9 Å². The van der Waals surface area contributed by atoms with E-state index in [2.05, 4.69) is 15.0 Å². The molecule has 3 aromatic rings. The van der Waals surface area contributed by atoms with Gasteiger partial charge in [0.1, 0.15) is 5.75 Å². The number of methoxy groups -OCH3 is 1. The zero-order chi connectivity index (χ0) is 19.4. The molecule has 0 saturated carbocycles. The van der Waals surface area contributed by atoms with Crippen LogP contribution in [0, 0.1) is 0 Å². The number of anilines is 1. The van der Waals surface area contributed by atoms with Crippen molar-refractivity contribution in [1.29, 1.82) is 0 Å². The Labute approximate surface area is 165 Å². The predicted molar refractivity (Wildman–Crippen MR) is 108 cm³/mol. The number of hydrogen-bond acceptors (Lipinski definition) is 7. The molecule has 0 radical (unpaired) electrons. The number of thiazole rings is 1. The Morgan fingerprint density at radius 3 is 2.63 bits per heavy atom. The first-order valence-corrected chi connectivity index (χ1v) is 11.3. The molecule has 142 valence electrons. The van der Waals surface area contributed by atoms with E-state index in [4.69, 9.17) is 4.74 Å². The Bertz CT molecular complexity index is 1060. The molecule has 0 aliphatic carbocycles. The topological polar surface area (TPSA) is 97.4 Å². The summed E-state index contributed by atoms with van der Waals surface area (Å²) in [6, 6.07) is 11.3. The van der Waals surface area contributed by atoms with Crippen LogP contribution in [-0.4, -0.2) is 39.2 Å². The third kappa shape index (κ3) is 4.78. The highest BCUT2D eigenvalue weighted by atomic mass is 32.2. The van der Waals surface area contributed by atoms with E-state index in [-0.39, 0.29) is 11.4 Å². The van der Waals surface area contributed by atoms with Gasteiger partial charge in [0.05, 0.1) is 28.8 Å². The van der Waals surface area contributed by atoms with Crippen LogP contribution in [0.15, 0.2) is 51.7 Å². The van der Waals surface area contributed by atoms with E-state index >= 15 is 0 Å². The Morgan fingerprint density at radius 1 is 1.22 bits per heavy atom. The largest absolute Gasteiger partial charge is 0.497 e. The second-order valence-electron chi connectivity index (χ2n) is 5.41. The van der Waals surface area contributed by atoms with Crippen LogP contribution in [0.3, 0.4) is 0 Å². The van der Waals surface area contributed by atoms with Crippen LogP contribution >= 0.6 is 23.1 Å². The molecule has 0 bridgehead atoms. The number of thioether (sulfide) groups is 1. The van der Waals surface area contributed by atoms with Crippen molar-refractivity contribution in [2.24, 2.45) is 0 Å². The van der Waals surface area contributed by atoms with Gasteiger partial charge in [-0.3, -0.25) is 4.79 Å². The monoisotopic (exact) mass is 423 g/mol. The lowest BCUT2D eigenvalue weighted by Gasteiger charge is -2.08. The molecule has 1 amide bonds. The minimum absolute atomic E-state index is 0.0618. The number of fused-ring (bicyclic) bond motifs is 1. The van der Waals surface area contributed by atoms with Crippen LogP contribution in [0.2, 0.25) is 0 Å². The number of carbonyl (C=O) groups excluding carboxylic acids is 1. The molecule has 0 spiro atoms. The molecular weight excluding hydrogens is 406 g/mol. The van der Waals surface area contributed by atoms with E-state index in [1.807, 2.05) is 18.4 Å². The van der Waals surface area contributed by atoms with Gasteiger partial charge in [-0.1, -0.05) is 11.8 Å². The number of carbonyl (C=O) groups is 1. The van der Waals surface area contributed by atoms with Crippen molar-refractivity contribution in [3.8, 4) is 5.75 Å². The first-order valence-electron chi connectivity index (χ1n) is 7.79. The molecule has 10 heteroatoms. The zero-order valence-corrected chi connectivity index (χ0v) is 17.0. The van der Waals surface area contributed by atoms with Crippen molar-refractivity contribution in [2.45, 2.75) is 9.24 Å². The summed E-state index contributed by atoms with van der Waals surface area (Å²) in [4.78, 5) is 16.6. The molecule has 27 heavy (non-hydrogen) atoms. The van der Waals surface area contributed by atoms with E-state index in [9.17, 15) is 13.2 Å². The van der Waals surface area contributed by atoms with E-state index in [1.54, 1.807) is 30.0 Å². The van der Waals surface area contributed by atoms with Crippen molar-refractivity contribution < 1.29 is 17.9 Å². The lowest BCUT2D eigenvalue weighted by Crippen LogP contribution is -2.32. The van der Waals surface area contributed by atoms with Crippen LogP contribution < -0.4 is 14.8 Å². The van der Waals surface area contributed by atoms with Crippen molar-refractivity contribution in [3.63, 3.8) is 0 Å². The van der Waals surface area contributed by atoms with Gasteiger partial charge in [0.2, 0.25) is 15.9 Å². The van der Waals surface area contributed by atoms with Crippen LogP contribution in [-0.2, 0) is 14.8 Å². The summed E-state index contributed by atoms with van der Waals surface area (Å²) in [5.74, 6) is 0.0934. The fraction of sp³-hybridized carbons (Fsp3) is 0.176. The lowest BCUT2D eigenvalue weighted by atomic mass is 10.3. The minimum atomic E-state index is -3.78. The Kier molecular flexibility index (Phi) is 6.00. The van der Waals surface area contributed by atoms with Gasteiger partial charge in [-0.15, -0.1) is 11.3 Å². The second kappa shape index (κ2) is 8.26. The summed E-state index contributed by atoms with van der Waals surface area (Å²) in [5.41, 5.74) is 1.45. The molecule has 2 N–H and O–H groups in total. The van der Waals surface area contributed by atoms with E-state index in [1.165, 1.54) is 30.6 Å². The molecule has 1 heterocycles. The van der Waals surface area contributed by atoms with Crippen LogP contribution in [0.5, 0.6) is 5.75 Å². The van der Waals surface area contributed by atoms with Gasteiger partial charge >= 0.3 is 0 Å². The average Bonchev–Trinajstić information content (AvgIpc) is 3.09. The number of hydrogen-bond donors (Lipinski definition) is 2. The Morgan fingerprint density at radius 2 is 1.96 bits per heavy atom. The van der Waals surface area contributed by atoms with Crippen LogP contribution in [0.25, 0.3) is 10.2 Å². The predicted octanol–water partition coefficient (Wildman–Crippen LogP) is 2.94. The first-order chi connectivity index (χ1) is 12.9. The molecular formula is C17H17N3O4S3. The number of nitrogens with one attached hydrogen (secondary N) is 2. The summed E-state index contributed by atoms with van der Waals surface area (Å²) >= 11 is 3.10. The molecule has 0 aliphatic heterocycles. The SMILES string of the molecule is COc1ccc(S(=O)(=O)NCC(=O)Nc2ccc3nc(SC)sc3c2)cc1. The summed E-state index contributed by atoms with van der Waals surface area (Å²) in [6.07, 6.45) is 1.95. The number of benzene rings is 2. The maximum Gasteiger partial charge on any atom is 0.241 e. The Balaban J connectivity index is 1.63. The Hall–Kier alpha value is -2.14. The molecule has 3 rings (SSSR count). The fourth-order valence-corrected chi connectivity index (χ4v) is 4.78. The third-order valence-corrected chi connectivity index (χ3v) is 7.04. The van der Waals surface area contributed by atoms with Gasteiger partial charge in [0.25, 0.3) is 0 Å². The third-order valence-electron chi connectivity index (χ3n) is 3.62. The molecule has 1 aromatic heterocycles. The summed E-state index contributed by atoms with van der Waals surface area (Å²) in [6.45, 7) is -0.370. The van der Waals surface area contributed by atoms with E-state index in [0.717, 1.165) is 14.6 Å². The smallest absolute Gasteiger partial charge is 0.241 e. The number of nitrogens with zero attached hydrogens (tertiary/aromatic N) is 1. The van der Waals surface area contributed by atoms with Crippen LogP contribution in [0.1, 0.15) is 0 Å². The highest BCUT2D eigenvalue weighted by molar-refractivity contribution is 8.00. The molecule has 0 saturated heterocycles. The average molecular weight is 424 g/mol. The highest BCUT2D eigenvalue weighted by Crippen LogP contribution is 2.29. The maximum absolute atomic E-state index is 12.3. The maximum atomic E-state index is 12.3. The second-order valence-corrected chi connectivity index (χ2v) is 9.27. The number of ether oxygens (including phenoxy) is 1. The first kappa shape index (κ1) is 19.6. The summed E-state index contributed by atoms with van der Waals surface area (Å²) in [5, 5.41) is 2.69. The van der Waals surface area contributed by atoms with Crippen molar-refractivity contribution in [3.05, 3.63) is 42.5 Å². The van der Waals surface area contributed by atoms with Gasteiger partial charge in [0, 0.05) is 5.69 Å². The van der Waals surface area contributed by atoms with Gasteiger partial charge < -0.3 is 10.1 Å². The number of aromatic nitrogens is 1. The molecule has 7 nitrogen and oxygen atoms in total. The van der Waals surface area contributed by atoms with Gasteiger partial charge in [-0.05, 0) is 48.7 Å². The standard InChI is InChI=1S/C17H17N3O4S3/c1-24-12-4-6-13(7-5-12)27(22,23)18-10-16(21)19-11-3-8-14-15(9-11)26-17(20-14)25-2/h3-9,18H,10H2,1-2H3,(H,19,21). The number of rotatable bonds is 7. The quantitative estimate of drug-likeness (QED) is 0.567. The van der Waals surface area contributed by atoms with Gasteiger partial charge in [0.15, 0.2) is 4.34 Å². The highest BCUT2D eigenvalue weighted by Gasteiger charge is 2.16. The summed E-state index contributed by atoms with van der Waals surface area (Å²) in [7, 11) is -2.29. The van der Waals surface area contributed by atoms with Crippen molar-refractivity contribution in [1.82, 2.24) is 9.71 Å².